The van der Waals surface area contributed by atoms with Gasteiger partial charge in [-0.1, -0.05) is 18.2 Å². The van der Waals surface area contributed by atoms with Crippen molar-refractivity contribution in [2.45, 2.75) is 0 Å². The third kappa shape index (κ3) is 3.49. The topological polar surface area (TPSA) is 87.1 Å². The van der Waals surface area contributed by atoms with Crippen LogP contribution in [0.4, 0.5) is 14.7 Å². The lowest BCUT2D eigenvalue weighted by Gasteiger charge is -2.35. The molecule has 0 unspecified atom stereocenters. The number of para-hydroxylation sites is 1. The molecule has 0 radical (unpaired) electrons. The lowest BCUT2D eigenvalue weighted by Crippen LogP contribution is -2.49. The number of hydrogen-bond acceptors (Lipinski definition) is 5. The number of fused-ring (bicyclic) bond motifs is 1. The molecule has 1 aliphatic heterocycles. The van der Waals surface area contributed by atoms with Crippen LogP contribution in [0, 0.1) is 11.6 Å². The normalized spacial score (nSPS) is 14.2. The second kappa shape index (κ2) is 7.88. The summed E-state index contributed by atoms with van der Waals surface area (Å²) in [7, 11) is 0. The van der Waals surface area contributed by atoms with Gasteiger partial charge in [0.1, 0.15) is 5.39 Å². The van der Waals surface area contributed by atoms with Gasteiger partial charge < -0.3 is 9.80 Å². The lowest BCUT2D eigenvalue weighted by atomic mass is 10.1. The van der Waals surface area contributed by atoms with Crippen LogP contribution in [0.5, 0.6) is 0 Å². The summed E-state index contributed by atoms with van der Waals surface area (Å²) in [5.41, 5.74) is 1.02. The highest BCUT2D eigenvalue weighted by Crippen LogP contribution is 2.18. The summed E-state index contributed by atoms with van der Waals surface area (Å²) < 4.78 is 28.2. The van der Waals surface area contributed by atoms with Crippen molar-refractivity contribution in [2.24, 2.45) is 0 Å². The SMILES string of the molecule is O=C(c1ccc(F)c(F)c1)N1CCN(c2nc3c(cnn3-c3ccccc3)c(=O)[nH]2)CC1. The molecule has 2 aromatic carbocycles. The molecule has 4 aromatic rings. The van der Waals surface area contributed by atoms with Gasteiger partial charge >= 0.3 is 0 Å². The van der Waals surface area contributed by atoms with Gasteiger partial charge in [0.25, 0.3) is 11.5 Å². The highest BCUT2D eigenvalue weighted by Gasteiger charge is 2.25. The fraction of sp³-hybridized carbons (Fsp3) is 0.182. The number of amides is 1. The monoisotopic (exact) mass is 436 g/mol. The number of nitrogens with one attached hydrogen (secondary N) is 1. The Bertz CT molecular complexity index is 1360. The van der Waals surface area contributed by atoms with Crippen LogP contribution in [-0.4, -0.2) is 56.7 Å². The van der Waals surface area contributed by atoms with E-state index in [1.807, 2.05) is 35.2 Å². The second-order valence-corrected chi connectivity index (χ2v) is 7.43. The van der Waals surface area contributed by atoms with Crippen LogP contribution in [0.1, 0.15) is 10.4 Å². The average molecular weight is 436 g/mol. The van der Waals surface area contributed by atoms with Gasteiger partial charge in [-0.2, -0.15) is 10.1 Å². The van der Waals surface area contributed by atoms with Crippen molar-refractivity contribution in [1.82, 2.24) is 24.6 Å². The third-order valence-corrected chi connectivity index (χ3v) is 5.46. The number of rotatable bonds is 3. The predicted molar refractivity (Wildman–Crippen MR) is 114 cm³/mol. The molecule has 1 N–H and O–H groups in total. The van der Waals surface area contributed by atoms with Gasteiger partial charge in [0.05, 0.1) is 11.9 Å². The minimum absolute atomic E-state index is 0.0945. The fourth-order valence-corrected chi connectivity index (χ4v) is 3.75. The van der Waals surface area contributed by atoms with Gasteiger partial charge in [0, 0.05) is 31.7 Å². The molecule has 32 heavy (non-hydrogen) atoms. The minimum Gasteiger partial charge on any atom is -0.339 e. The molecular formula is C22H18F2N6O2. The Labute approximate surface area is 180 Å². The smallest absolute Gasteiger partial charge is 0.263 e. The van der Waals surface area contributed by atoms with Gasteiger partial charge in [-0.25, -0.2) is 13.5 Å². The molecule has 10 heteroatoms. The first-order chi connectivity index (χ1) is 15.5. The van der Waals surface area contributed by atoms with Crippen molar-refractivity contribution < 1.29 is 13.6 Å². The Morgan fingerprint density at radius 3 is 2.44 bits per heavy atom. The van der Waals surface area contributed by atoms with Crippen LogP contribution in [0.3, 0.4) is 0 Å². The Morgan fingerprint density at radius 1 is 0.969 bits per heavy atom. The summed E-state index contributed by atoms with van der Waals surface area (Å²) in [5, 5.41) is 4.68. The number of benzene rings is 2. The largest absolute Gasteiger partial charge is 0.339 e. The van der Waals surface area contributed by atoms with E-state index in [0.717, 1.165) is 17.8 Å². The Hall–Kier alpha value is -4.08. The summed E-state index contributed by atoms with van der Waals surface area (Å²) in [6.45, 7) is 1.53. The Morgan fingerprint density at radius 2 is 1.72 bits per heavy atom. The van der Waals surface area contributed by atoms with E-state index in [9.17, 15) is 18.4 Å². The van der Waals surface area contributed by atoms with Crippen molar-refractivity contribution in [2.75, 3.05) is 31.1 Å². The van der Waals surface area contributed by atoms with Crippen LogP contribution in [0.2, 0.25) is 0 Å². The second-order valence-electron chi connectivity index (χ2n) is 7.43. The van der Waals surface area contributed by atoms with Crippen molar-refractivity contribution in [3.8, 4) is 5.69 Å². The van der Waals surface area contributed by atoms with E-state index >= 15 is 0 Å². The Balaban J connectivity index is 1.37. The summed E-state index contributed by atoms with van der Waals surface area (Å²) in [4.78, 5) is 36.1. The number of carbonyl (C=O) groups is 1. The van der Waals surface area contributed by atoms with Crippen LogP contribution in [-0.2, 0) is 0 Å². The molecule has 1 fully saturated rings. The lowest BCUT2D eigenvalue weighted by molar-refractivity contribution is 0.0745. The molecule has 0 atom stereocenters. The zero-order valence-corrected chi connectivity index (χ0v) is 16.8. The van der Waals surface area contributed by atoms with Crippen molar-refractivity contribution in [3.05, 3.63) is 82.3 Å². The molecule has 1 amide bonds. The summed E-state index contributed by atoms with van der Waals surface area (Å²) >= 11 is 0. The maximum absolute atomic E-state index is 13.5. The number of aromatic nitrogens is 4. The van der Waals surface area contributed by atoms with Gasteiger partial charge in [-0.05, 0) is 30.3 Å². The first-order valence-corrected chi connectivity index (χ1v) is 10.0. The van der Waals surface area contributed by atoms with Crippen LogP contribution in [0.25, 0.3) is 16.7 Å². The third-order valence-electron chi connectivity index (χ3n) is 5.46. The number of halogens is 2. The van der Waals surface area contributed by atoms with E-state index in [0.29, 0.717) is 43.2 Å². The molecule has 3 heterocycles. The van der Waals surface area contributed by atoms with Crippen molar-refractivity contribution >= 4 is 22.9 Å². The zero-order valence-electron chi connectivity index (χ0n) is 16.8. The van der Waals surface area contributed by atoms with Crippen molar-refractivity contribution in [1.29, 1.82) is 0 Å². The summed E-state index contributed by atoms with van der Waals surface area (Å²) in [5.74, 6) is -2.03. The van der Waals surface area contributed by atoms with Crippen LogP contribution >= 0.6 is 0 Å². The van der Waals surface area contributed by atoms with E-state index in [4.69, 9.17) is 0 Å². The molecule has 162 valence electrons. The molecular weight excluding hydrogens is 418 g/mol. The molecule has 8 nitrogen and oxygen atoms in total. The predicted octanol–water partition coefficient (Wildman–Crippen LogP) is 2.35. The number of nitrogens with zero attached hydrogens (tertiary/aromatic N) is 5. The van der Waals surface area contributed by atoms with Crippen LogP contribution < -0.4 is 10.5 Å². The number of H-pyrrole nitrogens is 1. The molecule has 1 aliphatic rings. The summed E-state index contributed by atoms with van der Waals surface area (Å²) in [6.07, 6.45) is 1.48. The number of piperazine rings is 1. The Kier molecular flexibility index (Phi) is 4.89. The molecule has 0 saturated carbocycles. The van der Waals surface area contributed by atoms with E-state index < -0.39 is 11.6 Å². The summed E-state index contributed by atoms with van der Waals surface area (Å²) in [6, 6.07) is 12.5. The number of aromatic amines is 1. The van der Waals surface area contributed by atoms with Crippen LogP contribution in [0.15, 0.2) is 59.5 Å². The first kappa shape index (κ1) is 19.9. The molecule has 2 aromatic heterocycles. The maximum Gasteiger partial charge on any atom is 0.263 e. The van der Waals surface area contributed by atoms with E-state index in [1.165, 1.54) is 12.3 Å². The molecule has 0 aliphatic carbocycles. The van der Waals surface area contributed by atoms with Gasteiger partial charge in [-0.3, -0.25) is 14.6 Å². The van der Waals surface area contributed by atoms with E-state index in [2.05, 4.69) is 15.1 Å². The van der Waals surface area contributed by atoms with Crippen molar-refractivity contribution in [3.63, 3.8) is 0 Å². The molecule has 0 spiro atoms. The fourth-order valence-electron chi connectivity index (χ4n) is 3.75. The number of anilines is 1. The first-order valence-electron chi connectivity index (χ1n) is 10.0. The molecule has 0 bridgehead atoms. The average Bonchev–Trinajstić information content (AvgIpc) is 3.26. The highest BCUT2D eigenvalue weighted by molar-refractivity contribution is 5.94. The molecule has 5 rings (SSSR count). The van der Waals surface area contributed by atoms with Gasteiger partial charge in [0.2, 0.25) is 5.95 Å². The minimum atomic E-state index is -1.06. The quantitative estimate of drug-likeness (QED) is 0.533. The number of carbonyl (C=O) groups excluding carboxylic acids is 1. The standard InChI is InChI=1S/C22H18F2N6O2/c23-17-7-6-14(12-18(17)24)21(32)28-8-10-29(11-9-28)22-26-19-16(20(31)27-22)13-25-30(19)15-4-2-1-3-5-15/h1-7,12-13H,8-11H2,(H,26,27,31). The zero-order chi connectivity index (χ0) is 22.2. The highest BCUT2D eigenvalue weighted by atomic mass is 19.2. The number of hydrogen-bond donors (Lipinski definition) is 1. The maximum atomic E-state index is 13.5. The van der Waals surface area contributed by atoms with E-state index in [-0.39, 0.29) is 17.0 Å². The van der Waals surface area contributed by atoms with Gasteiger partial charge in [-0.15, -0.1) is 0 Å². The van der Waals surface area contributed by atoms with E-state index in [1.54, 1.807) is 9.58 Å². The molecule has 1 saturated heterocycles. The van der Waals surface area contributed by atoms with Gasteiger partial charge in [0.15, 0.2) is 17.3 Å².